The average molecular weight is 332 g/mol. The van der Waals surface area contributed by atoms with Crippen LogP contribution >= 0.6 is 0 Å². The number of rotatable bonds is 7. The van der Waals surface area contributed by atoms with Gasteiger partial charge in [-0.2, -0.15) is 0 Å². The van der Waals surface area contributed by atoms with Gasteiger partial charge in [-0.05, 0) is 34.9 Å². The third-order valence-electron chi connectivity index (χ3n) is 4.37. The molecule has 0 bridgehead atoms. The third kappa shape index (κ3) is 4.83. The molecule has 3 heteroatoms. The summed E-state index contributed by atoms with van der Waals surface area (Å²) < 4.78 is 0. The maximum Gasteiger partial charge on any atom is 0.224 e. The number of carbonyl (C=O) groups excluding carboxylic acids is 1. The summed E-state index contributed by atoms with van der Waals surface area (Å²) in [6.07, 6.45) is 1.36. The zero-order valence-electron chi connectivity index (χ0n) is 14.6. The highest BCUT2D eigenvalue weighted by Crippen LogP contribution is 2.16. The Morgan fingerprint density at radius 3 is 2.44 bits per heavy atom. The molecule has 0 spiro atoms. The van der Waals surface area contributed by atoms with Crippen molar-refractivity contribution >= 4 is 22.4 Å². The number of hydrogen-bond acceptors (Lipinski definition) is 2. The van der Waals surface area contributed by atoms with Crippen LogP contribution in [0.5, 0.6) is 0 Å². The Morgan fingerprint density at radius 1 is 0.920 bits per heavy atom. The molecule has 0 radical (unpaired) electrons. The molecule has 0 aliphatic rings. The monoisotopic (exact) mass is 332 g/mol. The summed E-state index contributed by atoms with van der Waals surface area (Å²) in [4.78, 5) is 14.3. The molecule has 3 rings (SSSR count). The molecule has 0 aliphatic carbocycles. The van der Waals surface area contributed by atoms with Gasteiger partial charge in [-0.25, -0.2) is 0 Å². The summed E-state index contributed by atoms with van der Waals surface area (Å²) in [5.41, 5.74) is 2.25. The van der Waals surface area contributed by atoms with Crippen LogP contribution in [0, 0.1) is 0 Å². The lowest BCUT2D eigenvalue weighted by Gasteiger charge is -2.19. The Hall–Kier alpha value is -2.81. The first kappa shape index (κ1) is 17.0. The van der Waals surface area contributed by atoms with Crippen LogP contribution < -0.4 is 10.2 Å². The molecule has 0 saturated carbocycles. The van der Waals surface area contributed by atoms with Gasteiger partial charge >= 0.3 is 0 Å². The fourth-order valence-corrected chi connectivity index (χ4v) is 2.95. The van der Waals surface area contributed by atoms with Crippen LogP contribution in [-0.2, 0) is 11.2 Å². The first-order valence-corrected chi connectivity index (χ1v) is 8.73. The van der Waals surface area contributed by atoms with Crippen LogP contribution in [0.15, 0.2) is 72.8 Å². The van der Waals surface area contributed by atoms with Gasteiger partial charge in [0.25, 0.3) is 0 Å². The van der Waals surface area contributed by atoms with Gasteiger partial charge in [0.1, 0.15) is 0 Å². The molecule has 0 unspecified atom stereocenters. The molecule has 3 nitrogen and oxygen atoms in total. The first-order chi connectivity index (χ1) is 12.2. The van der Waals surface area contributed by atoms with Gasteiger partial charge in [0.2, 0.25) is 5.91 Å². The quantitative estimate of drug-likeness (QED) is 0.663. The van der Waals surface area contributed by atoms with Crippen molar-refractivity contribution in [3.63, 3.8) is 0 Å². The smallest absolute Gasteiger partial charge is 0.224 e. The number of benzene rings is 3. The van der Waals surface area contributed by atoms with E-state index in [0.29, 0.717) is 13.0 Å². The van der Waals surface area contributed by atoms with Crippen molar-refractivity contribution in [3.05, 3.63) is 78.4 Å². The summed E-state index contributed by atoms with van der Waals surface area (Å²) in [5.74, 6) is 0.0812. The maximum atomic E-state index is 12.1. The van der Waals surface area contributed by atoms with Gasteiger partial charge in [-0.15, -0.1) is 0 Å². The van der Waals surface area contributed by atoms with Gasteiger partial charge in [0, 0.05) is 25.8 Å². The SMILES string of the molecule is CN(CCCNC(=O)Cc1ccc2ccccc2c1)c1ccccc1. The zero-order chi connectivity index (χ0) is 17.5. The number of nitrogens with zero attached hydrogens (tertiary/aromatic N) is 1. The highest BCUT2D eigenvalue weighted by molar-refractivity contribution is 5.85. The molecule has 3 aromatic carbocycles. The van der Waals surface area contributed by atoms with Crippen molar-refractivity contribution in [2.24, 2.45) is 0 Å². The minimum Gasteiger partial charge on any atom is -0.375 e. The van der Waals surface area contributed by atoms with Gasteiger partial charge in [0.05, 0.1) is 6.42 Å². The van der Waals surface area contributed by atoms with Crippen molar-refractivity contribution < 1.29 is 4.79 Å². The Morgan fingerprint density at radius 2 is 1.64 bits per heavy atom. The van der Waals surface area contributed by atoms with Crippen molar-refractivity contribution in [1.82, 2.24) is 5.32 Å². The van der Waals surface area contributed by atoms with E-state index in [1.54, 1.807) is 0 Å². The van der Waals surface area contributed by atoms with E-state index in [1.165, 1.54) is 16.5 Å². The van der Waals surface area contributed by atoms with E-state index in [-0.39, 0.29) is 5.91 Å². The predicted molar refractivity (Wildman–Crippen MR) is 105 cm³/mol. The molecule has 0 heterocycles. The van der Waals surface area contributed by atoms with Crippen molar-refractivity contribution in [3.8, 4) is 0 Å². The van der Waals surface area contributed by atoms with Crippen LogP contribution in [0.2, 0.25) is 0 Å². The lowest BCUT2D eigenvalue weighted by molar-refractivity contribution is -0.120. The minimum atomic E-state index is 0.0812. The second-order valence-electron chi connectivity index (χ2n) is 6.32. The minimum absolute atomic E-state index is 0.0812. The van der Waals surface area contributed by atoms with E-state index < -0.39 is 0 Å². The van der Waals surface area contributed by atoms with E-state index in [9.17, 15) is 4.79 Å². The number of carbonyl (C=O) groups is 1. The standard InChI is InChI=1S/C22H24N2O/c1-24(21-10-3-2-4-11-21)15-7-14-23-22(25)17-18-12-13-19-8-5-6-9-20(19)16-18/h2-6,8-13,16H,7,14-15,17H2,1H3,(H,23,25). The van der Waals surface area contributed by atoms with Crippen LogP contribution in [-0.4, -0.2) is 26.0 Å². The van der Waals surface area contributed by atoms with E-state index >= 15 is 0 Å². The van der Waals surface area contributed by atoms with Crippen LogP contribution in [0.25, 0.3) is 10.8 Å². The largest absolute Gasteiger partial charge is 0.375 e. The molecule has 0 saturated heterocycles. The molecule has 0 aromatic heterocycles. The van der Waals surface area contributed by atoms with Crippen LogP contribution in [0.3, 0.4) is 0 Å². The molecule has 128 valence electrons. The van der Waals surface area contributed by atoms with E-state index in [0.717, 1.165) is 18.5 Å². The molecule has 0 fully saturated rings. The summed E-state index contributed by atoms with van der Waals surface area (Å²) in [6, 6.07) is 24.7. The summed E-state index contributed by atoms with van der Waals surface area (Å²) >= 11 is 0. The lowest BCUT2D eigenvalue weighted by atomic mass is 10.0. The molecule has 0 aliphatic heterocycles. The normalized spacial score (nSPS) is 10.6. The summed E-state index contributed by atoms with van der Waals surface area (Å²) in [6.45, 7) is 1.61. The van der Waals surface area contributed by atoms with Gasteiger partial charge in [-0.1, -0.05) is 60.7 Å². The zero-order valence-corrected chi connectivity index (χ0v) is 14.6. The maximum absolute atomic E-state index is 12.1. The number of hydrogen-bond donors (Lipinski definition) is 1. The Kier molecular flexibility index (Phi) is 5.68. The van der Waals surface area contributed by atoms with Gasteiger partial charge in [0.15, 0.2) is 0 Å². The summed E-state index contributed by atoms with van der Waals surface area (Å²) in [7, 11) is 2.08. The molecule has 1 N–H and O–H groups in total. The van der Waals surface area contributed by atoms with Crippen molar-refractivity contribution in [1.29, 1.82) is 0 Å². The molecule has 1 amide bonds. The Bertz CT molecular complexity index is 830. The van der Waals surface area contributed by atoms with Gasteiger partial charge < -0.3 is 10.2 Å². The Labute approximate surface area is 149 Å². The lowest BCUT2D eigenvalue weighted by Crippen LogP contribution is -2.29. The number of amides is 1. The summed E-state index contributed by atoms with van der Waals surface area (Å²) in [5, 5.41) is 5.40. The fraction of sp³-hybridized carbons (Fsp3) is 0.227. The predicted octanol–water partition coefficient (Wildman–Crippen LogP) is 4.03. The molecule has 3 aromatic rings. The second kappa shape index (κ2) is 8.34. The molecule has 25 heavy (non-hydrogen) atoms. The Balaban J connectivity index is 1.43. The molecular formula is C22H24N2O. The number of anilines is 1. The third-order valence-corrected chi connectivity index (χ3v) is 4.37. The van der Waals surface area contributed by atoms with Crippen LogP contribution in [0.4, 0.5) is 5.69 Å². The number of para-hydroxylation sites is 1. The number of nitrogens with one attached hydrogen (secondary N) is 1. The highest BCUT2D eigenvalue weighted by Gasteiger charge is 2.05. The van der Waals surface area contributed by atoms with Gasteiger partial charge in [-0.3, -0.25) is 4.79 Å². The number of fused-ring (bicyclic) bond motifs is 1. The molecular weight excluding hydrogens is 308 g/mol. The van der Waals surface area contributed by atoms with E-state index in [2.05, 4.69) is 53.7 Å². The topological polar surface area (TPSA) is 32.3 Å². The van der Waals surface area contributed by atoms with Crippen molar-refractivity contribution in [2.75, 3.05) is 25.0 Å². The second-order valence-corrected chi connectivity index (χ2v) is 6.32. The van der Waals surface area contributed by atoms with Crippen molar-refractivity contribution in [2.45, 2.75) is 12.8 Å². The average Bonchev–Trinajstić information content (AvgIpc) is 2.65. The van der Waals surface area contributed by atoms with E-state index in [4.69, 9.17) is 0 Å². The molecule has 0 atom stereocenters. The highest BCUT2D eigenvalue weighted by atomic mass is 16.1. The van der Waals surface area contributed by atoms with Crippen LogP contribution in [0.1, 0.15) is 12.0 Å². The fourth-order valence-electron chi connectivity index (χ4n) is 2.95. The first-order valence-electron chi connectivity index (χ1n) is 8.73. The van der Waals surface area contributed by atoms with E-state index in [1.807, 2.05) is 36.4 Å².